The second-order valence-corrected chi connectivity index (χ2v) is 3.09. The molecule has 78 valence electrons. The highest BCUT2D eigenvalue weighted by atomic mass is 16.1. The number of aromatic nitrogens is 4. The summed E-state index contributed by atoms with van der Waals surface area (Å²) in [5.74, 6) is 0.0741. The lowest BCUT2D eigenvalue weighted by atomic mass is 10.3. The van der Waals surface area contributed by atoms with Crippen LogP contribution in [0.25, 0.3) is 11.2 Å². The molecule has 0 radical (unpaired) electrons. The summed E-state index contributed by atoms with van der Waals surface area (Å²) in [6, 6.07) is -0.494. The molecule has 0 aliphatic heterocycles. The van der Waals surface area contributed by atoms with E-state index in [9.17, 15) is 4.79 Å². The minimum Gasteiger partial charge on any atom is -0.368 e. The lowest BCUT2D eigenvalue weighted by molar-refractivity contribution is -0.118. The molecule has 0 aromatic carbocycles. The van der Waals surface area contributed by atoms with Gasteiger partial charge in [0.05, 0.1) is 6.33 Å². The van der Waals surface area contributed by atoms with Gasteiger partial charge in [0.2, 0.25) is 5.91 Å². The van der Waals surface area contributed by atoms with Crippen molar-refractivity contribution in [1.82, 2.24) is 19.9 Å². The molecule has 7 heteroatoms. The first-order valence-electron chi connectivity index (χ1n) is 4.38. The van der Waals surface area contributed by atoms with Crippen LogP contribution in [0.15, 0.2) is 12.7 Å². The van der Waals surface area contributed by atoms with E-state index in [0.717, 1.165) is 0 Å². The molecule has 0 spiro atoms. The molecule has 7 nitrogen and oxygen atoms in total. The second kappa shape index (κ2) is 3.52. The zero-order chi connectivity index (χ0) is 10.8. The number of carbonyl (C=O) groups excluding carboxylic acids is 1. The first kappa shape index (κ1) is 9.38. The zero-order valence-corrected chi connectivity index (χ0v) is 8.06. The normalized spacial score (nSPS) is 12.6. The Morgan fingerprint density at radius 1 is 1.53 bits per heavy atom. The van der Waals surface area contributed by atoms with Gasteiger partial charge in [0, 0.05) is 0 Å². The van der Waals surface area contributed by atoms with Crippen molar-refractivity contribution in [2.45, 2.75) is 13.0 Å². The Balaban J connectivity index is 2.35. The van der Waals surface area contributed by atoms with Gasteiger partial charge in [-0.25, -0.2) is 15.0 Å². The molecule has 2 rings (SSSR count). The van der Waals surface area contributed by atoms with Crippen LogP contribution in [0, 0.1) is 0 Å². The van der Waals surface area contributed by atoms with E-state index in [2.05, 4.69) is 25.3 Å². The average Bonchev–Trinajstić information content (AvgIpc) is 2.66. The lowest BCUT2D eigenvalue weighted by Crippen LogP contribution is -2.32. The molecule has 1 amide bonds. The highest BCUT2D eigenvalue weighted by Gasteiger charge is 2.12. The van der Waals surface area contributed by atoms with Crippen molar-refractivity contribution in [3.8, 4) is 0 Å². The van der Waals surface area contributed by atoms with Crippen molar-refractivity contribution >= 4 is 22.9 Å². The van der Waals surface area contributed by atoms with E-state index in [-0.39, 0.29) is 0 Å². The Labute approximate surface area is 85.1 Å². The van der Waals surface area contributed by atoms with Gasteiger partial charge in [-0.1, -0.05) is 0 Å². The van der Waals surface area contributed by atoms with E-state index in [1.165, 1.54) is 12.7 Å². The number of aromatic amines is 1. The van der Waals surface area contributed by atoms with Gasteiger partial charge in [-0.3, -0.25) is 4.79 Å². The number of amides is 1. The van der Waals surface area contributed by atoms with E-state index in [1.807, 2.05) is 0 Å². The van der Waals surface area contributed by atoms with Crippen molar-refractivity contribution in [3.63, 3.8) is 0 Å². The first-order chi connectivity index (χ1) is 7.18. The standard InChI is InChI=1S/C8H10N6O/c1-4(6(9)15)14-8-5-7(11-2-10-5)12-3-13-8/h2-4H,1H3,(H2,9,15)(H2,10,11,12,13,14). The molecule has 0 saturated heterocycles. The predicted octanol–water partition coefficient (Wildman–Crippen LogP) is -0.361. The molecule has 0 fully saturated rings. The van der Waals surface area contributed by atoms with E-state index in [4.69, 9.17) is 5.73 Å². The average molecular weight is 206 g/mol. The minimum atomic E-state index is -0.494. The summed E-state index contributed by atoms with van der Waals surface area (Å²) in [5.41, 5.74) is 6.34. The topological polar surface area (TPSA) is 110 Å². The fourth-order valence-corrected chi connectivity index (χ4v) is 1.15. The molecule has 15 heavy (non-hydrogen) atoms. The minimum absolute atomic E-state index is 0.443. The first-order valence-corrected chi connectivity index (χ1v) is 4.38. The number of anilines is 1. The van der Waals surface area contributed by atoms with Crippen LogP contribution < -0.4 is 11.1 Å². The van der Waals surface area contributed by atoms with Crippen molar-refractivity contribution in [1.29, 1.82) is 0 Å². The molecule has 0 aliphatic carbocycles. The molecule has 2 aromatic rings. The molecule has 2 aromatic heterocycles. The van der Waals surface area contributed by atoms with Crippen LogP contribution in [0.2, 0.25) is 0 Å². The third kappa shape index (κ3) is 1.71. The molecule has 1 atom stereocenters. The largest absolute Gasteiger partial charge is 0.368 e. The smallest absolute Gasteiger partial charge is 0.239 e. The Morgan fingerprint density at radius 2 is 2.33 bits per heavy atom. The number of primary amides is 1. The highest BCUT2D eigenvalue weighted by molar-refractivity contribution is 5.87. The van der Waals surface area contributed by atoms with Gasteiger partial charge in [-0.2, -0.15) is 0 Å². The number of hydrogen-bond donors (Lipinski definition) is 3. The number of nitrogens with zero attached hydrogens (tertiary/aromatic N) is 3. The molecule has 2 heterocycles. The van der Waals surface area contributed by atoms with E-state index >= 15 is 0 Å². The highest BCUT2D eigenvalue weighted by Crippen LogP contribution is 2.14. The zero-order valence-electron chi connectivity index (χ0n) is 8.06. The number of nitrogens with two attached hydrogens (primary N) is 1. The summed E-state index contributed by atoms with van der Waals surface area (Å²) < 4.78 is 0. The number of rotatable bonds is 3. The SMILES string of the molecule is CC(Nc1ncnc2nc[nH]c12)C(N)=O. The van der Waals surface area contributed by atoms with Gasteiger partial charge >= 0.3 is 0 Å². The van der Waals surface area contributed by atoms with E-state index in [1.54, 1.807) is 6.92 Å². The van der Waals surface area contributed by atoms with Crippen LogP contribution in [0.4, 0.5) is 5.82 Å². The van der Waals surface area contributed by atoms with Gasteiger partial charge in [0.25, 0.3) is 0 Å². The van der Waals surface area contributed by atoms with Crippen LogP contribution in [0.3, 0.4) is 0 Å². The van der Waals surface area contributed by atoms with Crippen molar-refractivity contribution in [2.75, 3.05) is 5.32 Å². The lowest BCUT2D eigenvalue weighted by Gasteiger charge is -2.10. The Hall–Kier alpha value is -2.18. The molecule has 0 bridgehead atoms. The molecule has 4 N–H and O–H groups in total. The summed E-state index contributed by atoms with van der Waals surface area (Å²) in [5, 5.41) is 2.87. The third-order valence-corrected chi connectivity index (χ3v) is 2.00. The number of H-pyrrole nitrogens is 1. The fraction of sp³-hybridized carbons (Fsp3) is 0.250. The van der Waals surface area contributed by atoms with Gasteiger partial charge in [-0.15, -0.1) is 0 Å². The van der Waals surface area contributed by atoms with Crippen LogP contribution in [-0.2, 0) is 4.79 Å². The van der Waals surface area contributed by atoms with E-state index in [0.29, 0.717) is 17.0 Å². The fourth-order valence-electron chi connectivity index (χ4n) is 1.15. The summed E-state index contributed by atoms with van der Waals surface area (Å²) in [7, 11) is 0. The molecular weight excluding hydrogens is 196 g/mol. The Morgan fingerprint density at radius 3 is 3.07 bits per heavy atom. The maximum Gasteiger partial charge on any atom is 0.239 e. The van der Waals surface area contributed by atoms with Gasteiger partial charge in [0.1, 0.15) is 17.9 Å². The van der Waals surface area contributed by atoms with E-state index < -0.39 is 11.9 Å². The van der Waals surface area contributed by atoms with Gasteiger partial charge < -0.3 is 16.0 Å². The molecule has 0 aliphatic rings. The number of imidazole rings is 1. The Bertz CT molecular complexity index is 493. The second-order valence-electron chi connectivity index (χ2n) is 3.09. The van der Waals surface area contributed by atoms with Crippen LogP contribution in [-0.4, -0.2) is 31.9 Å². The van der Waals surface area contributed by atoms with Crippen molar-refractivity contribution in [2.24, 2.45) is 5.73 Å². The quantitative estimate of drug-likeness (QED) is 0.635. The predicted molar refractivity (Wildman–Crippen MR) is 54.0 cm³/mol. The summed E-state index contributed by atoms with van der Waals surface area (Å²) in [4.78, 5) is 25.7. The summed E-state index contributed by atoms with van der Waals surface area (Å²) >= 11 is 0. The van der Waals surface area contributed by atoms with Crippen LogP contribution in [0.5, 0.6) is 0 Å². The third-order valence-electron chi connectivity index (χ3n) is 2.00. The number of hydrogen-bond acceptors (Lipinski definition) is 5. The molecular formula is C8H10N6O. The number of carbonyl (C=O) groups is 1. The van der Waals surface area contributed by atoms with Crippen molar-refractivity contribution < 1.29 is 4.79 Å². The van der Waals surface area contributed by atoms with Gasteiger partial charge in [-0.05, 0) is 6.92 Å². The number of fused-ring (bicyclic) bond motifs is 1. The molecule has 1 unspecified atom stereocenters. The van der Waals surface area contributed by atoms with Crippen LogP contribution >= 0.6 is 0 Å². The van der Waals surface area contributed by atoms with Crippen molar-refractivity contribution in [3.05, 3.63) is 12.7 Å². The number of nitrogens with one attached hydrogen (secondary N) is 2. The maximum absolute atomic E-state index is 10.9. The summed E-state index contributed by atoms with van der Waals surface area (Å²) in [6.07, 6.45) is 2.89. The Kier molecular flexibility index (Phi) is 2.20. The van der Waals surface area contributed by atoms with Gasteiger partial charge in [0.15, 0.2) is 11.5 Å². The van der Waals surface area contributed by atoms with Crippen LogP contribution in [0.1, 0.15) is 6.92 Å². The summed E-state index contributed by atoms with van der Waals surface area (Å²) in [6.45, 7) is 1.66. The molecule has 0 saturated carbocycles. The monoisotopic (exact) mass is 206 g/mol. The maximum atomic E-state index is 10.9.